The van der Waals surface area contributed by atoms with Gasteiger partial charge < -0.3 is 16.2 Å². The molecule has 0 heterocycles. The molecule has 0 saturated carbocycles. The van der Waals surface area contributed by atoms with Gasteiger partial charge >= 0.3 is 5.97 Å². The van der Waals surface area contributed by atoms with Crippen molar-refractivity contribution in [3.05, 3.63) is 0 Å². The summed E-state index contributed by atoms with van der Waals surface area (Å²) in [6, 6.07) is 0. The smallest absolute Gasteiger partial charge is 0.308 e. The van der Waals surface area contributed by atoms with Crippen LogP contribution < -0.4 is 11.1 Å². The van der Waals surface area contributed by atoms with Gasteiger partial charge in [-0.05, 0) is 31.2 Å². The highest BCUT2D eigenvalue weighted by molar-refractivity contribution is 5.77. The fraction of sp³-hybridized carbons (Fsp3) is 0.846. The van der Waals surface area contributed by atoms with Gasteiger partial charge in [0.15, 0.2) is 0 Å². The van der Waals surface area contributed by atoms with Gasteiger partial charge in [0, 0.05) is 13.0 Å². The Morgan fingerprint density at radius 3 is 2.33 bits per heavy atom. The third kappa shape index (κ3) is 7.27. The van der Waals surface area contributed by atoms with E-state index in [1.807, 2.05) is 0 Å². The molecule has 0 aliphatic heterocycles. The number of hydrogen-bond donors (Lipinski definition) is 3. The molecule has 4 N–H and O–H groups in total. The Hall–Kier alpha value is -1.10. The number of carboxylic acid groups (broad SMARTS) is 1. The van der Waals surface area contributed by atoms with Crippen LogP contribution in [0, 0.1) is 17.8 Å². The van der Waals surface area contributed by atoms with Crippen molar-refractivity contribution < 1.29 is 14.7 Å². The first-order valence-corrected chi connectivity index (χ1v) is 6.60. The first-order chi connectivity index (χ1) is 8.40. The van der Waals surface area contributed by atoms with Gasteiger partial charge in [-0.3, -0.25) is 9.59 Å². The lowest BCUT2D eigenvalue weighted by molar-refractivity contribution is -0.141. The zero-order valence-electron chi connectivity index (χ0n) is 11.6. The van der Waals surface area contributed by atoms with E-state index in [-0.39, 0.29) is 18.4 Å². The summed E-state index contributed by atoms with van der Waals surface area (Å²) in [5, 5.41) is 11.5. The Kier molecular flexibility index (Phi) is 8.37. The molecule has 0 aromatic carbocycles. The van der Waals surface area contributed by atoms with Crippen LogP contribution in [-0.2, 0) is 9.59 Å². The standard InChI is InChI=1S/C13H26N2O3/c1-4-11(13(17)18)8-15-12(16)6-10(7-14)5-9(2)3/h9-11H,4-8,14H2,1-3H3,(H,15,16)(H,17,18)/t10-,11?/m0/s1. The van der Waals surface area contributed by atoms with Crippen LogP contribution in [0.5, 0.6) is 0 Å². The molecule has 5 nitrogen and oxygen atoms in total. The van der Waals surface area contributed by atoms with Crippen molar-refractivity contribution in [2.75, 3.05) is 13.1 Å². The second-order valence-corrected chi connectivity index (χ2v) is 5.18. The molecule has 0 bridgehead atoms. The minimum atomic E-state index is -0.865. The molecule has 0 aliphatic carbocycles. The maximum Gasteiger partial charge on any atom is 0.308 e. The molecule has 0 rings (SSSR count). The van der Waals surface area contributed by atoms with Crippen molar-refractivity contribution in [2.24, 2.45) is 23.5 Å². The molecule has 1 amide bonds. The molecule has 0 aromatic rings. The van der Waals surface area contributed by atoms with Crippen LogP contribution in [0.3, 0.4) is 0 Å². The predicted molar refractivity (Wildman–Crippen MR) is 71.0 cm³/mol. The maximum absolute atomic E-state index is 11.7. The van der Waals surface area contributed by atoms with E-state index in [1.165, 1.54) is 0 Å². The van der Waals surface area contributed by atoms with Crippen molar-refractivity contribution >= 4 is 11.9 Å². The molecular weight excluding hydrogens is 232 g/mol. The van der Waals surface area contributed by atoms with Gasteiger partial charge in [-0.25, -0.2) is 0 Å². The highest BCUT2D eigenvalue weighted by Gasteiger charge is 2.18. The molecule has 1 unspecified atom stereocenters. The molecule has 0 aromatic heterocycles. The van der Waals surface area contributed by atoms with Crippen LogP contribution in [0.4, 0.5) is 0 Å². The number of rotatable bonds is 9. The second kappa shape index (κ2) is 8.91. The minimum Gasteiger partial charge on any atom is -0.481 e. The number of nitrogens with one attached hydrogen (secondary N) is 1. The van der Waals surface area contributed by atoms with E-state index in [0.717, 1.165) is 6.42 Å². The summed E-state index contributed by atoms with van der Waals surface area (Å²) in [7, 11) is 0. The fourth-order valence-corrected chi connectivity index (χ4v) is 1.91. The van der Waals surface area contributed by atoms with Gasteiger partial charge in [0.25, 0.3) is 0 Å². The van der Waals surface area contributed by atoms with Crippen LogP contribution in [0.1, 0.15) is 40.0 Å². The lowest BCUT2D eigenvalue weighted by atomic mass is 9.94. The normalized spacial score (nSPS) is 14.3. The van der Waals surface area contributed by atoms with Crippen LogP contribution >= 0.6 is 0 Å². The van der Waals surface area contributed by atoms with Crippen molar-refractivity contribution in [2.45, 2.75) is 40.0 Å². The average Bonchev–Trinajstić information content (AvgIpc) is 2.27. The fourth-order valence-electron chi connectivity index (χ4n) is 1.91. The Morgan fingerprint density at radius 1 is 1.33 bits per heavy atom. The molecule has 0 aliphatic rings. The predicted octanol–water partition coefficient (Wildman–Crippen LogP) is 1.22. The number of nitrogens with two attached hydrogens (primary N) is 1. The van der Waals surface area contributed by atoms with E-state index in [2.05, 4.69) is 19.2 Å². The number of carbonyl (C=O) groups excluding carboxylic acids is 1. The van der Waals surface area contributed by atoms with Crippen LogP contribution in [-0.4, -0.2) is 30.1 Å². The van der Waals surface area contributed by atoms with Gasteiger partial charge in [-0.2, -0.15) is 0 Å². The Morgan fingerprint density at radius 2 is 1.94 bits per heavy atom. The highest BCUT2D eigenvalue weighted by atomic mass is 16.4. The van der Waals surface area contributed by atoms with Gasteiger partial charge in [0.05, 0.1) is 5.92 Å². The lowest BCUT2D eigenvalue weighted by Crippen LogP contribution is -2.34. The monoisotopic (exact) mass is 258 g/mol. The molecule has 0 fully saturated rings. The summed E-state index contributed by atoms with van der Waals surface area (Å²) in [4.78, 5) is 22.5. The summed E-state index contributed by atoms with van der Waals surface area (Å²) in [6.07, 6.45) is 1.81. The summed E-state index contributed by atoms with van der Waals surface area (Å²) in [5.74, 6) is -0.791. The third-order valence-corrected chi connectivity index (χ3v) is 3.00. The van der Waals surface area contributed by atoms with Crippen molar-refractivity contribution in [1.82, 2.24) is 5.32 Å². The highest BCUT2D eigenvalue weighted by Crippen LogP contribution is 2.14. The molecule has 0 radical (unpaired) electrons. The third-order valence-electron chi connectivity index (χ3n) is 3.00. The van der Waals surface area contributed by atoms with Crippen LogP contribution in [0.2, 0.25) is 0 Å². The SMILES string of the molecule is CCC(CNC(=O)C[C@@H](CN)CC(C)C)C(=O)O. The molecule has 18 heavy (non-hydrogen) atoms. The lowest BCUT2D eigenvalue weighted by Gasteiger charge is -2.17. The van der Waals surface area contributed by atoms with Crippen molar-refractivity contribution in [1.29, 1.82) is 0 Å². The number of amides is 1. The van der Waals surface area contributed by atoms with Gasteiger partial charge in [0.1, 0.15) is 0 Å². The Balaban J connectivity index is 4.05. The zero-order valence-corrected chi connectivity index (χ0v) is 11.6. The largest absolute Gasteiger partial charge is 0.481 e. The minimum absolute atomic E-state index is 0.106. The number of aliphatic carboxylic acids is 1. The van der Waals surface area contributed by atoms with E-state index < -0.39 is 11.9 Å². The van der Waals surface area contributed by atoms with Gasteiger partial charge in [-0.15, -0.1) is 0 Å². The number of hydrogen-bond acceptors (Lipinski definition) is 3. The van der Waals surface area contributed by atoms with Crippen molar-refractivity contribution in [3.63, 3.8) is 0 Å². The van der Waals surface area contributed by atoms with E-state index in [4.69, 9.17) is 10.8 Å². The molecule has 106 valence electrons. The second-order valence-electron chi connectivity index (χ2n) is 5.18. The molecule has 2 atom stereocenters. The van der Waals surface area contributed by atoms with E-state index >= 15 is 0 Å². The molecule has 5 heteroatoms. The number of carboxylic acids is 1. The van der Waals surface area contributed by atoms with E-state index in [1.54, 1.807) is 6.92 Å². The van der Waals surface area contributed by atoms with Crippen LogP contribution in [0.15, 0.2) is 0 Å². The first kappa shape index (κ1) is 16.9. The Labute approximate surface area is 109 Å². The molecular formula is C13H26N2O3. The Bertz CT molecular complexity index is 267. The molecule has 0 spiro atoms. The summed E-state index contributed by atoms with van der Waals surface area (Å²) in [6.45, 7) is 6.67. The maximum atomic E-state index is 11.7. The van der Waals surface area contributed by atoms with E-state index in [0.29, 0.717) is 25.3 Å². The zero-order chi connectivity index (χ0) is 14.1. The topological polar surface area (TPSA) is 92.4 Å². The number of carbonyl (C=O) groups is 2. The first-order valence-electron chi connectivity index (χ1n) is 6.60. The summed E-state index contributed by atoms with van der Waals surface area (Å²) >= 11 is 0. The summed E-state index contributed by atoms with van der Waals surface area (Å²) in [5.41, 5.74) is 5.63. The van der Waals surface area contributed by atoms with Gasteiger partial charge in [0.2, 0.25) is 5.91 Å². The van der Waals surface area contributed by atoms with E-state index in [9.17, 15) is 9.59 Å². The van der Waals surface area contributed by atoms with Crippen LogP contribution in [0.25, 0.3) is 0 Å². The summed E-state index contributed by atoms with van der Waals surface area (Å²) < 4.78 is 0. The van der Waals surface area contributed by atoms with Gasteiger partial charge in [-0.1, -0.05) is 20.8 Å². The van der Waals surface area contributed by atoms with Crippen molar-refractivity contribution in [3.8, 4) is 0 Å². The molecule has 0 saturated heterocycles. The quantitative estimate of drug-likeness (QED) is 0.580. The average molecular weight is 258 g/mol.